The number of amides is 1. The van der Waals surface area contributed by atoms with Crippen molar-refractivity contribution in [2.75, 3.05) is 16.4 Å². The van der Waals surface area contributed by atoms with Crippen molar-refractivity contribution in [1.29, 1.82) is 0 Å². The van der Waals surface area contributed by atoms with Gasteiger partial charge in [0, 0.05) is 14.0 Å². The molecular formula is C20H19N9O. The Morgan fingerprint density at radius 2 is 1.80 bits per heavy atom. The minimum Gasteiger partial charge on any atom is -0.382 e. The Labute approximate surface area is 171 Å². The lowest BCUT2D eigenvalue weighted by molar-refractivity contribution is -0.114. The van der Waals surface area contributed by atoms with Crippen LogP contribution in [0.4, 0.5) is 34.5 Å². The van der Waals surface area contributed by atoms with Crippen LogP contribution in [0.1, 0.15) is 6.92 Å². The normalized spacial score (nSPS) is 11.1. The molecule has 0 radical (unpaired) electrons. The molecule has 0 fully saturated rings. The first kappa shape index (κ1) is 19.0. The van der Waals surface area contributed by atoms with Crippen molar-refractivity contribution in [3.05, 3.63) is 54.9 Å². The maximum atomic E-state index is 11.6. The molecule has 2 aromatic heterocycles. The zero-order valence-corrected chi connectivity index (χ0v) is 16.4. The van der Waals surface area contributed by atoms with Crippen molar-refractivity contribution in [2.45, 2.75) is 6.92 Å². The number of azo groups is 1. The van der Waals surface area contributed by atoms with Gasteiger partial charge in [-0.3, -0.25) is 4.79 Å². The molecule has 30 heavy (non-hydrogen) atoms. The smallest absolute Gasteiger partial charge is 0.231 e. The van der Waals surface area contributed by atoms with E-state index in [9.17, 15) is 4.79 Å². The number of benzene rings is 2. The van der Waals surface area contributed by atoms with E-state index in [4.69, 9.17) is 5.73 Å². The number of nitrogen functional groups attached to an aromatic ring is 1. The van der Waals surface area contributed by atoms with Gasteiger partial charge in [-0.15, -0.1) is 0 Å². The van der Waals surface area contributed by atoms with Crippen molar-refractivity contribution >= 4 is 51.6 Å². The van der Waals surface area contributed by atoms with Crippen molar-refractivity contribution in [3.63, 3.8) is 0 Å². The van der Waals surface area contributed by atoms with Crippen molar-refractivity contribution in [3.8, 4) is 0 Å². The average Bonchev–Trinajstić information content (AvgIpc) is 3.10. The van der Waals surface area contributed by atoms with Crippen LogP contribution >= 0.6 is 0 Å². The molecule has 0 saturated heterocycles. The maximum Gasteiger partial charge on any atom is 0.231 e. The molecule has 10 nitrogen and oxygen atoms in total. The highest BCUT2D eigenvalue weighted by molar-refractivity contribution is 5.94. The van der Waals surface area contributed by atoms with E-state index < -0.39 is 0 Å². The molecule has 0 spiro atoms. The van der Waals surface area contributed by atoms with Crippen LogP contribution in [-0.2, 0) is 11.8 Å². The first-order chi connectivity index (χ1) is 14.5. The number of rotatable bonds is 5. The van der Waals surface area contributed by atoms with E-state index in [0.717, 1.165) is 5.69 Å². The summed E-state index contributed by atoms with van der Waals surface area (Å²) in [6, 6.07) is 14.6. The summed E-state index contributed by atoms with van der Waals surface area (Å²) in [7, 11) is 1.82. The van der Waals surface area contributed by atoms with Gasteiger partial charge in [0.25, 0.3) is 0 Å². The number of aromatic nitrogens is 4. The van der Waals surface area contributed by atoms with E-state index in [1.165, 1.54) is 6.92 Å². The molecule has 0 aliphatic heterocycles. The highest BCUT2D eigenvalue weighted by Gasteiger charge is 2.12. The van der Waals surface area contributed by atoms with Gasteiger partial charge >= 0.3 is 0 Å². The number of hydrogen-bond donors (Lipinski definition) is 3. The summed E-state index contributed by atoms with van der Waals surface area (Å²) in [5.41, 5.74) is 9.55. The first-order valence-electron chi connectivity index (χ1n) is 9.09. The highest BCUT2D eigenvalue weighted by atomic mass is 16.1. The fourth-order valence-electron chi connectivity index (χ4n) is 2.81. The van der Waals surface area contributed by atoms with Crippen LogP contribution < -0.4 is 16.4 Å². The Kier molecular flexibility index (Phi) is 5.04. The zero-order chi connectivity index (χ0) is 21.1. The second-order valence-electron chi connectivity index (χ2n) is 6.53. The largest absolute Gasteiger partial charge is 0.382 e. The fourth-order valence-corrected chi connectivity index (χ4v) is 2.81. The lowest BCUT2D eigenvalue weighted by atomic mass is 10.2. The number of nitrogens with two attached hydrogens (primary N) is 1. The second-order valence-corrected chi connectivity index (χ2v) is 6.53. The Balaban J connectivity index is 1.70. The lowest BCUT2D eigenvalue weighted by Gasteiger charge is -2.12. The Hall–Kier alpha value is -4.34. The monoisotopic (exact) mass is 401 g/mol. The van der Waals surface area contributed by atoms with Crippen LogP contribution in [0.25, 0.3) is 11.2 Å². The van der Waals surface area contributed by atoms with E-state index in [1.54, 1.807) is 29.1 Å². The van der Waals surface area contributed by atoms with Crippen LogP contribution in [0, 0.1) is 0 Å². The quantitative estimate of drug-likeness (QED) is 0.431. The SMILES string of the molecule is CC(=O)Nc1ccc(N=Nc2ccccc2)cc1Nc1nc(N)c2ncn(C)c2n1. The number of imidazole rings is 1. The molecule has 10 heteroatoms. The standard InChI is InChI=1S/C20H19N9O/c1-12(30)23-15-9-8-14(28-27-13-6-4-3-5-7-13)10-16(15)24-20-25-18(21)17-19(26-20)29(2)11-22-17/h3-11H,1-2H3,(H,23,30)(H3,21,24,25,26). The van der Waals surface area contributed by atoms with E-state index in [0.29, 0.717) is 28.2 Å². The molecule has 0 aliphatic carbocycles. The molecule has 4 N–H and O–H groups in total. The average molecular weight is 401 g/mol. The number of aryl methyl sites for hydroxylation is 1. The van der Waals surface area contributed by atoms with Crippen LogP contribution in [-0.4, -0.2) is 25.4 Å². The molecular weight excluding hydrogens is 382 g/mol. The number of fused-ring (bicyclic) bond motifs is 1. The number of nitrogens with one attached hydrogen (secondary N) is 2. The van der Waals surface area contributed by atoms with Gasteiger partial charge in [-0.25, -0.2) is 4.98 Å². The molecule has 4 rings (SSSR count). The minimum absolute atomic E-state index is 0.209. The molecule has 0 unspecified atom stereocenters. The predicted octanol–water partition coefficient (Wildman–Crippen LogP) is 4.06. The van der Waals surface area contributed by atoms with E-state index in [1.807, 2.05) is 37.4 Å². The number of carbonyl (C=O) groups is 1. The van der Waals surface area contributed by atoms with Crippen molar-refractivity contribution < 1.29 is 4.79 Å². The van der Waals surface area contributed by atoms with Gasteiger partial charge in [-0.2, -0.15) is 20.2 Å². The number of carbonyl (C=O) groups excluding carboxylic acids is 1. The predicted molar refractivity (Wildman–Crippen MR) is 115 cm³/mol. The molecule has 0 bridgehead atoms. The van der Waals surface area contributed by atoms with Gasteiger partial charge < -0.3 is 20.9 Å². The molecule has 0 saturated carbocycles. The molecule has 0 aliphatic rings. The Bertz CT molecular complexity index is 1250. The molecule has 1 amide bonds. The fraction of sp³-hybridized carbons (Fsp3) is 0.100. The summed E-state index contributed by atoms with van der Waals surface area (Å²) in [6.45, 7) is 1.43. The van der Waals surface area contributed by atoms with E-state index >= 15 is 0 Å². The molecule has 4 aromatic rings. The third-order valence-corrected chi connectivity index (χ3v) is 4.18. The molecule has 2 heterocycles. The minimum atomic E-state index is -0.209. The number of anilines is 4. The van der Waals surface area contributed by atoms with E-state index in [2.05, 4.69) is 35.8 Å². The van der Waals surface area contributed by atoms with Gasteiger partial charge in [-0.05, 0) is 30.3 Å². The summed E-state index contributed by atoms with van der Waals surface area (Å²) >= 11 is 0. The Morgan fingerprint density at radius 3 is 2.57 bits per heavy atom. The van der Waals surface area contributed by atoms with Gasteiger partial charge in [0.05, 0.1) is 29.1 Å². The maximum absolute atomic E-state index is 11.6. The molecule has 150 valence electrons. The molecule has 2 aromatic carbocycles. The summed E-state index contributed by atoms with van der Waals surface area (Å²) in [6.07, 6.45) is 1.62. The summed E-state index contributed by atoms with van der Waals surface area (Å²) in [4.78, 5) is 24.5. The van der Waals surface area contributed by atoms with Crippen LogP contribution in [0.15, 0.2) is 65.1 Å². The number of hydrogen-bond acceptors (Lipinski definition) is 8. The summed E-state index contributed by atoms with van der Waals surface area (Å²) < 4.78 is 1.75. The van der Waals surface area contributed by atoms with Crippen molar-refractivity contribution in [2.24, 2.45) is 17.3 Å². The Morgan fingerprint density at radius 1 is 1.03 bits per heavy atom. The highest BCUT2D eigenvalue weighted by Crippen LogP contribution is 2.31. The van der Waals surface area contributed by atoms with Gasteiger partial charge in [0.15, 0.2) is 11.5 Å². The third kappa shape index (κ3) is 4.07. The topological polar surface area (TPSA) is 135 Å². The van der Waals surface area contributed by atoms with Gasteiger partial charge in [-0.1, -0.05) is 18.2 Å². The van der Waals surface area contributed by atoms with Crippen LogP contribution in [0.3, 0.4) is 0 Å². The first-order valence-corrected chi connectivity index (χ1v) is 9.09. The number of nitrogens with zero attached hydrogens (tertiary/aromatic N) is 6. The van der Waals surface area contributed by atoms with Crippen LogP contribution in [0.2, 0.25) is 0 Å². The third-order valence-electron chi connectivity index (χ3n) is 4.18. The van der Waals surface area contributed by atoms with Crippen LogP contribution in [0.5, 0.6) is 0 Å². The zero-order valence-electron chi connectivity index (χ0n) is 16.4. The summed E-state index contributed by atoms with van der Waals surface area (Å²) in [5.74, 6) is 0.315. The van der Waals surface area contributed by atoms with Gasteiger partial charge in [0.1, 0.15) is 5.52 Å². The summed E-state index contributed by atoms with van der Waals surface area (Å²) in [5, 5.41) is 14.4. The van der Waals surface area contributed by atoms with Crippen molar-refractivity contribution in [1.82, 2.24) is 19.5 Å². The lowest BCUT2D eigenvalue weighted by Crippen LogP contribution is -2.09. The molecule has 0 atom stereocenters. The second kappa shape index (κ2) is 7.95. The van der Waals surface area contributed by atoms with E-state index in [-0.39, 0.29) is 17.7 Å². The van der Waals surface area contributed by atoms with Gasteiger partial charge in [0.2, 0.25) is 11.9 Å².